The van der Waals surface area contributed by atoms with Crippen molar-refractivity contribution in [2.75, 3.05) is 0 Å². The van der Waals surface area contributed by atoms with E-state index in [0.29, 0.717) is 23.6 Å². The van der Waals surface area contributed by atoms with Crippen molar-refractivity contribution in [3.05, 3.63) is 86.0 Å². The molecule has 3 aromatic rings. The Labute approximate surface area is 160 Å². The second-order valence-electron chi connectivity index (χ2n) is 5.62. The molecule has 0 fully saturated rings. The van der Waals surface area contributed by atoms with E-state index in [1.54, 1.807) is 13.0 Å². The summed E-state index contributed by atoms with van der Waals surface area (Å²) >= 11 is 3.38. The van der Waals surface area contributed by atoms with Crippen molar-refractivity contribution >= 4 is 15.9 Å². The number of pyridine rings is 2. The van der Waals surface area contributed by atoms with Crippen molar-refractivity contribution in [1.82, 2.24) is 9.55 Å². The van der Waals surface area contributed by atoms with Crippen LogP contribution < -0.4 is 10.3 Å². The third-order valence-electron chi connectivity index (χ3n) is 3.68. The fraction of sp³-hybridized carbons (Fsp3) is 0.158. The Morgan fingerprint density at radius 2 is 2.00 bits per heavy atom. The zero-order valence-corrected chi connectivity index (χ0v) is 15.5. The average Bonchev–Trinajstić information content (AvgIpc) is 2.56. The van der Waals surface area contributed by atoms with Crippen LogP contribution in [-0.2, 0) is 6.56 Å². The van der Waals surface area contributed by atoms with Gasteiger partial charge in [0.25, 0.3) is 5.56 Å². The summed E-state index contributed by atoms with van der Waals surface area (Å²) in [6.07, 6.45) is 0.693. The van der Waals surface area contributed by atoms with Crippen LogP contribution in [0.4, 0.5) is 8.78 Å². The number of benzene rings is 1. The third-order valence-corrected chi connectivity index (χ3v) is 4.17. The van der Waals surface area contributed by atoms with Gasteiger partial charge < -0.3 is 4.74 Å². The Balaban J connectivity index is 2.01. The van der Waals surface area contributed by atoms with Crippen LogP contribution in [0.1, 0.15) is 19.7 Å². The highest BCUT2D eigenvalue weighted by molar-refractivity contribution is 9.10. The molecule has 0 spiro atoms. The van der Waals surface area contributed by atoms with Crippen LogP contribution in [0.25, 0.3) is 5.69 Å². The van der Waals surface area contributed by atoms with Gasteiger partial charge in [-0.25, -0.2) is 8.78 Å². The van der Waals surface area contributed by atoms with Crippen LogP contribution in [0.15, 0.2) is 51.9 Å². The van der Waals surface area contributed by atoms with E-state index in [1.807, 2.05) is 19.1 Å². The Morgan fingerprint density at radius 3 is 2.69 bits per heavy atom. The van der Waals surface area contributed by atoms with E-state index in [1.165, 1.54) is 10.6 Å². The van der Waals surface area contributed by atoms with Gasteiger partial charge >= 0.3 is 0 Å². The standard InChI is InChI=1S/C19H15BrF2N2O2/c1-11-3-4-13(20)6-18(11)24-12(2)5-15(8-19(24)25)26-10-17-16(22)7-14(21)9-23-17/h3-9H,10H2,1-2H3/i10D2. The molecule has 4 nitrogen and oxygen atoms in total. The number of halogens is 3. The molecular weight excluding hydrogens is 406 g/mol. The quantitative estimate of drug-likeness (QED) is 0.622. The zero-order chi connectivity index (χ0) is 20.6. The van der Waals surface area contributed by atoms with Gasteiger partial charge in [0.15, 0.2) is 5.82 Å². The Hall–Kier alpha value is -2.54. The lowest BCUT2D eigenvalue weighted by atomic mass is 10.2. The lowest BCUT2D eigenvalue weighted by Crippen LogP contribution is -2.21. The number of aromatic nitrogens is 2. The molecule has 7 heteroatoms. The highest BCUT2D eigenvalue weighted by atomic mass is 79.9. The molecule has 0 bridgehead atoms. The summed E-state index contributed by atoms with van der Waals surface area (Å²) in [5.41, 5.74) is 0.873. The number of nitrogens with zero attached hydrogens (tertiary/aromatic N) is 2. The molecule has 134 valence electrons. The minimum atomic E-state index is -2.70. The molecule has 3 rings (SSSR count). The summed E-state index contributed by atoms with van der Waals surface area (Å²) in [7, 11) is 0. The fourth-order valence-corrected chi connectivity index (χ4v) is 2.81. The molecule has 0 amide bonds. The first-order valence-electron chi connectivity index (χ1n) is 8.59. The van der Waals surface area contributed by atoms with Gasteiger partial charge in [0.1, 0.15) is 23.8 Å². The first-order chi connectivity index (χ1) is 13.1. The smallest absolute Gasteiger partial charge is 0.259 e. The normalized spacial score (nSPS) is 12.5. The Kier molecular flexibility index (Phi) is 4.45. The maximum absolute atomic E-state index is 13.9. The Bertz CT molecular complexity index is 1120. The summed E-state index contributed by atoms with van der Waals surface area (Å²) in [5, 5.41) is 0. The summed E-state index contributed by atoms with van der Waals surface area (Å²) in [6, 6.07) is 8.59. The van der Waals surface area contributed by atoms with Crippen molar-refractivity contribution in [1.29, 1.82) is 0 Å². The molecule has 2 heterocycles. The number of hydrogen-bond donors (Lipinski definition) is 0. The van der Waals surface area contributed by atoms with Crippen molar-refractivity contribution in [3.8, 4) is 11.4 Å². The molecule has 26 heavy (non-hydrogen) atoms. The van der Waals surface area contributed by atoms with Crippen LogP contribution in [0.2, 0.25) is 0 Å². The van der Waals surface area contributed by atoms with Crippen LogP contribution in [0.5, 0.6) is 5.75 Å². The Morgan fingerprint density at radius 1 is 1.23 bits per heavy atom. The number of rotatable bonds is 4. The number of ether oxygens (including phenoxy) is 1. The molecule has 0 atom stereocenters. The second kappa shape index (κ2) is 7.37. The van der Waals surface area contributed by atoms with Gasteiger partial charge in [-0.2, -0.15) is 0 Å². The maximum Gasteiger partial charge on any atom is 0.259 e. The molecule has 2 aromatic heterocycles. The first-order valence-corrected chi connectivity index (χ1v) is 8.38. The SMILES string of the molecule is [2H]C([2H])(Oc1cc(C)n(-c2cc(Br)ccc2C)c(=O)c1)c1ncc(F)cc1F. The summed E-state index contributed by atoms with van der Waals surface area (Å²) in [4.78, 5) is 16.1. The second-order valence-corrected chi connectivity index (χ2v) is 6.54. The predicted octanol–water partition coefficient (Wildman–Crippen LogP) is 4.47. The van der Waals surface area contributed by atoms with E-state index in [9.17, 15) is 13.6 Å². The first kappa shape index (κ1) is 15.7. The van der Waals surface area contributed by atoms with Crippen LogP contribution in [-0.4, -0.2) is 9.55 Å². The lowest BCUT2D eigenvalue weighted by Gasteiger charge is -2.15. The lowest BCUT2D eigenvalue weighted by molar-refractivity contribution is 0.292. The van der Waals surface area contributed by atoms with E-state index < -0.39 is 29.4 Å². The molecule has 0 N–H and O–H groups in total. The van der Waals surface area contributed by atoms with Gasteiger partial charge in [-0.15, -0.1) is 0 Å². The maximum atomic E-state index is 13.9. The summed E-state index contributed by atoms with van der Waals surface area (Å²) < 4.78 is 50.2. The van der Waals surface area contributed by atoms with Crippen molar-refractivity contribution in [2.45, 2.75) is 20.4 Å². The summed E-state index contributed by atoms with van der Waals surface area (Å²) in [6.45, 7) is 0.828. The van der Waals surface area contributed by atoms with Gasteiger partial charge in [0.05, 0.1) is 14.6 Å². The average molecular weight is 423 g/mol. The largest absolute Gasteiger partial charge is 0.487 e. The highest BCUT2D eigenvalue weighted by Gasteiger charge is 2.11. The molecule has 0 saturated carbocycles. The monoisotopic (exact) mass is 422 g/mol. The topological polar surface area (TPSA) is 44.1 Å². The van der Waals surface area contributed by atoms with E-state index in [0.717, 1.165) is 16.1 Å². The molecule has 1 aromatic carbocycles. The molecule has 0 radical (unpaired) electrons. The van der Waals surface area contributed by atoms with E-state index >= 15 is 0 Å². The van der Waals surface area contributed by atoms with Crippen molar-refractivity contribution in [3.63, 3.8) is 0 Å². The highest BCUT2D eigenvalue weighted by Crippen LogP contribution is 2.22. The zero-order valence-electron chi connectivity index (χ0n) is 15.9. The molecule has 0 aliphatic heterocycles. The van der Waals surface area contributed by atoms with Crippen LogP contribution in [0.3, 0.4) is 0 Å². The third kappa shape index (κ3) is 3.83. The number of aryl methyl sites for hydroxylation is 2. The van der Waals surface area contributed by atoms with E-state index in [-0.39, 0.29) is 5.75 Å². The van der Waals surface area contributed by atoms with Gasteiger partial charge in [-0.05, 0) is 31.5 Å². The van der Waals surface area contributed by atoms with Gasteiger partial charge in [-0.3, -0.25) is 14.3 Å². The van der Waals surface area contributed by atoms with E-state index in [4.69, 9.17) is 7.48 Å². The fourth-order valence-electron chi connectivity index (χ4n) is 2.46. The molecule has 0 unspecified atom stereocenters. The molecule has 0 aliphatic rings. The molecular formula is C19H15BrF2N2O2. The minimum absolute atomic E-state index is 0.0954. The molecule has 0 aliphatic carbocycles. The molecule has 0 saturated heterocycles. The minimum Gasteiger partial charge on any atom is -0.487 e. The van der Waals surface area contributed by atoms with Gasteiger partial charge in [0, 0.05) is 28.4 Å². The summed E-state index contributed by atoms with van der Waals surface area (Å²) in [5.74, 6) is -2.21. The number of hydrogen-bond acceptors (Lipinski definition) is 3. The van der Waals surface area contributed by atoms with Crippen LogP contribution in [0, 0.1) is 25.5 Å². The van der Waals surface area contributed by atoms with E-state index in [2.05, 4.69) is 20.9 Å². The van der Waals surface area contributed by atoms with Gasteiger partial charge in [0.2, 0.25) is 0 Å². The predicted molar refractivity (Wildman–Crippen MR) is 97.7 cm³/mol. The van der Waals surface area contributed by atoms with Gasteiger partial charge in [-0.1, -0.05) is 22.0 Å². The van der Waals surface area contributed by atoms with Crippen molar-refractivity contribution in [2.24, 2.45) is 0 Å². The van der Waals surface area contributed by atoms with Crippen molar-refractivity contribution < 1.29 is 16.3 Å². The van der Waals surface area contributed by atoms with Crippen LogP contribution >= 0.6 is 15.9 Å².